The smallest absolute Gasteiger partial charge is 0.308 e. The van der Waals surface area contributed by atoms with Crippen LogP contribution in [0.5, 0.6) is 0 Å². The van der Waals surface area contributed by atoms with Gasteiger partial charge in [0.2, 0.25) is 0 Å². The lowest BCUT2D eigenvalue weighted by molar-refractivity contribution is -0.142. The summed E-state index contributed by atoms with van der Waals surface area (Å²) < 4.78 is 0. The summed E-state index contributed by atoms with van der Waals surface area (Å²) in [5, 5.41) is 9.44. The van der Waals surface area contributed by atoms with Crippen molar-refractivity contribution in [3.05, 3.63) is 10.1 Å². The molecule has 2 nitrogen and oxygen atoms in total. The predicted molar refractivity (Wildman–Crippen MR) is 56.3 cm³/mol. The lowest BCUT2D eigenvalue weighted by Crippen LogP contribution is -2.33. The van der Waals surface area contributed by atoms with Gasteiger partial charge < -0.3 is 5.11 Å². The largest absolute Gasteiger partial charge is 0.481 e. The third-order valence-electron chi connectivity index (χ3n) is 2.87. The van der Waals surface area contributed by atoms with Crippen molar-refractivity contribution in [3.63, 3.8) is 0 Å². The van der Waals surface area contributed by atoms with Crippen molar-refractivity contribution in [1.29, 1.82) is 0 Å². The summed E-state index contributed by atoms with van der Waals surface area (Å²) in [6, 6.07) is 0. The van der Waals surface area contributed by atoms with Crippen LogP contribution in [0.4, 0.5) is 0 Å². The molecule has 6 heteroatoms. The zero-order valence-corrected chi connectivity index (χ0v) is 9.88. The van der Waals surface area contributed by atoms with Crippen LogP contribution in [0, 0.1) is 5.92 Å². The summed E-state index contributed by atoms with van der Waals surface area (Å²) in [5.74, 6) is -1.73. The van der Waals surface area contributed by atoms with Gasteiger partial charge in [0, 0.05) is 0 Å². The van der Waals surface area contributed by atoms with E-state index in [0.29, 0.717) is 5.03 Å². The van der Waals surface area contributed by atoms with Crippen LogP contribution in [0.15, 0.2) is 10.1 Å². The highest BCUT2D eigenvalue weighted by Crippen LogP contribution is 2.65. The summed E-state index contributed by atoms with van der Waals surface area (Å²) in [5.41, 5.74) is 0. The number of allylic oxidation sites excluding steroid dienone is 2. The zero-order valence-electron chi connectivity index (χ0n) is 6.86. The number of fused-ring (bicyclic) bond motifs is 2. The van der Waals surface area contributed by atoms with Gasteiger partial charge >= 0.3 is 5.97 Å². The van der Waals surface area contributed by atoms with Gasteiger partial charge in [0.05, 0.1) is 25.7 Å². The lowest BCUT2D eigenvalue weighted by Gasteiger charge is -2.26. The fourth-order valence-corrected chi connectivity index (χ4v) is 3.96. The van der Waals surface area contributed by atoms with Crippen molar-refractivity contribution in [1.82, 2.24) is 0 Å². The molecule has 0 radical (unpaired) electrons. The van der Waals surface area contributed by atoms with Crippen molar-refractivity contribution in [3.8, 4) is 0 Å². The Morgan fingerprint density at radius 3 is 2.29 bits per heavy atom. The third-order valence-corrected chi connectivity index (χ3v) is 5.30. The minimum Gasteiger partial charge on any atom is -0.481 e. The molecule has 1 saturated carbocycles. The third kappa shape index (κ3) is 1.15. The Hall–Kier alpha value is 0.370. The van der Waals surface area contributed by atoms with E-state index >= 15 is 0 Å². The van der Waals surface area contributed by atoms with E-state index in [9.17, 15) is 4.79 Å². The topological polar surface area (TPSA) is 37.3 Å². The van der Waals surface area contributed by atoms with Crippen LogP contribution in [-0.2, 0) is 4.79 Å². The van der Waals surface area contributed by atoms with Gasteiger partial charge in [-0.25, -0.2) is 0 Å². The van der Waals surface area contributed by atoms with E-state index in [0.717, 1.165) is 0 Å². The van der Waals surface area contributed by atoms with Gasteiger partial charge in [0.25, 0.3) is 0 Å². The molecule has 2 aliphatic rings. The highest BCUT2D eigenvalue weighted by Gasteiger charge is 2.65. The van der Waals surface area contributed by atoms with Crippen LogP contribution in [0.1, 0.15) is 12.8 Å². The molecule has 0 aromatic carbocycles. The maximum atomic E-state index is 10.9. The van der Waals surface area contributed by atoms with Crippen LogP contribution in [0.3, 0.4) is 0 Å². The van der Waals surface area contributed by atoms with E-state index in [1.807, 2.05) is 0 Å². The molecule has 3 unspecified atom stereocenters. The van der Waals surface area contributed by atoms with Crippen molar-refractivity contribution >= 4 is 52.4 Å². The molecule has 0 amide bonds. The first kappa shape index (κ1) is 10.9. The van der Waals surface area contributed by atoms with Gasteiger partial charge in [0.1, 0.15) is 0 Å². The maximum absolute atomic E-state index is 10.9. The number of hydrogen-bond donors (Lipinski definition) is 1. The molecule has 2 bridgehead atoms. The zero-order chi connectivity index (χ0) is 10.7. The van der Waals surface area contributed by atoms with Crippen LogP contribution in [0.2, 0.25) is 0 Å². The number of hydrogen-bond acceptors (Lipinski definition) is 1. The molecule has 1 fully saturated rings. The molecule has 1 N–H and O–H groups in total. The number of carbonyl (C=O) groups is 1. The summed E-state index contributed by atoms with van der Waals surface area (Å²) in [4.78, 5) is 8.95. The van der Waals surface area contributed by atoms with Crippen LogP contribution < -0.4 is 0 Å². The maximum Gasteiger partial charge on any atom is 0.308 e. The fourth-order valence-electron chi connectivity index (χ4n) is 2.15. The number of rotatable bonds is 1. The molecule has 2 aliphatic carbocycles. The first-order valence-corrected chi connectivity index (χ1v) is 5.49. The normalized spacial score (nSPS) is 46.1. The average Bonchev–Trinajstić information content (AvgIpc) is 2.44. The molecule has 0 aromatic heterocycles. The summed E-state index contributed by atoms with van der Waals surface area (Å²) >= 11 is 24.1. The quantitative estimate of drug-likeness (QED) is 0.747. The van der Waals surface area contributed by atoms with Crippen LogP contribution >= 0.6 is 46.4 Å². The second kappa shape index (κ2) is 2.94. The van der Waals surface area contributed by atoms with E-state index in [2.05, 4.69) is 0 Å². The second-order valence-electron chi connectivity index (χ2n) is 3.73. The van der Waals surface area contributed by atoms with Gasteiger partial charge in [-0.1, -0.05) is 23.2 Å². The Morgan fingerprint density at radius 1 is 1.36 bits per heavy atom. The summed E-state index contributed by atoms with van der Waals surface area (Å²) in [7, 11) is 0. The van der Waals surface area contributed by atoms with Gasteiger partial charge in [-0.3, -0.25) is 4.79 Å². The molecule has 0 aromatic rings. The molecule has 78 valence electrons. The first-order valence-electron chi connectivity index (χ1n) is 3.98. The van der Waals surface area contributed by atoms with Gasteiger partial charge in [-0.05, 0) is 12.8 Å². The van der Waals surface area contributed by atoms with Crippen molar-refractivity contribution < 1.29 is 9.90 Å². The van der Waals surface area contributed by atoms with E-state index in [1.54, 1.807) is 0 Å². The Balaban J connectivity index is 2.50. The number of carboxylic acid groups (broad SMARTS) is 1. The Morgan fingerprint density at radius 2 is 1.93 bits per heavy atom. The molecular weight excluding hydrogens is 270 g/mol. The number of carboxylic acids is 1. The molecular formula is C8H6Cl4O2. The Bertz CT molecular complexity index is 353. The van der Waals surface area contributed by atoms with Gasteiger partial charge in [-0.2, -0.15) is 0 Å². The standard InChI is InChI=1S/C8H6Cl4O2/c9-4-5(10)8(12)2-7(4,11)1-3(8)6(13)14/h3H,1-2H2,(H,13,14). The highest BCUT2D eigenvalue weighted by molar-refractivity contribution is 6.51. The van der Waals surface area contributed by atoms with E-state index in [-0.39, 0.29) is 17.9 Å². The molecule has 0 aliphatic heterocycles. The Labute approximate surface area is 101 Å². The molecule has 2 rings (SSSR count). The fraction of sp³-hybridized carbons (Fsp3) is 0.625. The first-order chi connectivity index (χ1) is 6.31. The van der Waals surface area contributed by atoms with Crippen LogP contribution in [-0.4, -0.2) is 20.8 Å². The summed E-state index contributed by atoms with van der Waals surface area (Å²) in [6.45, 7) is 0. The number of aliphatic carboxylic acids is 1. The second-order valence-corrected chi connectivity index (χ2v) is 5.88. The van der Waals surface area contributed by atoms with Crippen molar-refractivity contribution in [2.75, 3.05) is 0 Å². The lowest BCUT2D eigenvalue weighted by atomic mass is 9.92. The molecule has 0 spiro atoms. The van der Waals surface area contributed by atoms with Crippen molar-refractivity contribution in [2.24, 2.45) is 5.92 Å². The van der Waals surface area contributed by atoms with Gasteiger partial charge in [-0.15, -0.1) is 23.2 Å². The van der Waals surface area contributed by atoms with Crippen molar-refractivity contribution in [2.45, 2.75) is 22.6 Å². The van der Waals surface area contributed by atoms with Gasteiger partial charge in [0.15, 0.2) is 0 Å². The van der Waals surface area contributed by atoms with E-state index in [4.69, 9.17) is 51.5 Å². The highest BCUT2D eigenvalue weighted by atomic mass is 35.5. The SMILES string of the molecule is O=C(O)C1CC2(Cl)CC1(Cl)C(Cl)=C2Cl. The number of halogens is 4. The van der Waals surface area contributed by atoms with E-state index in [1.165, 1.54) is 0 Å². The minimum atomic E-state index is -1.10. The molecule has 3 atom stereocenters. The summed E-state index contributed by atoms with van der Waals surface area (Å²) in [6.07, 6.45) is 0.528. The molecule has 14 heavy (non-hydrogen) atoms. The molecule has 0 heterocycles. The monoisotopic (exact) mass is 274 g/mol. The van der Waals surface area contributed by atoms with Crippen LogP contribution in [0.25, 0.3) is 0 Å². The number of alkyl halides is 2. The van der Waals surface area contributed by atoms with E-state index < -0.39 is 21.6 Å². The average molecular weight is 276 g/mol. The Kier molecular flexibility index (Phi) is 2.29. The minimum absolute atomic E-state index is 0.189. The molecule has 0 saturated heterocycles. The predicted octanol–water partition coefficient (Wildman–Crippen LogP) is 3.14.